The molecule has 3 heteroatoms. The minimum absolute atomic E-state index is 0.326. The number of likely N-dealkylation sites (N-methyl/N-ethyl adjacent to an activating group) is 1. The van der Waals surface area contributed by atoms with Crippen molar-refractivity contribution in [2.75, 3.05) is 7.05 Å². The molecule has 0 saturated heterocycles. The van der Waals surface area contributed by atoms with Crippen LogP contribution in [0.25, 0.3) is 0 Å². The maximum atomic E-state index is 4.52. The lowest BCUT2D eigenvalue weighted by Gasteiger charge is -2.33. The van der Waals surface area contributed by atoms with Crippen LogP contribution in [0, 0.1) is 12.3 Å². The number of nitrogens with zero attached hydrogens (tertiary/aromatic N) is 1. The molecular formula is C12H22N2S. The molecule has 2 nitrogen and oxygen atoms in total. The van der Waals surface area contributed by atoms with Crippen LogP contribution in [-0.2, 0) is 6.42 Å². The topological polar surface area (TPSA) is 24.9 Å². The fourth-order valence-electron chi connectivity index (χ4n) is 1.73. The van der Waals surface area contributed by atoms with Crippen molar-refractivity contribution in [3.8, 4) is 0 Å². The first-order chi connectivity index (χ1) is 6.99. The van der Waals surface area contributed by atoms with E-state index in [0.29, 0.717) is 11.5 Å². The van der Waals surface area contributed by atoms with Crippen LogP contribution in [0.4, 0.5) is 0 Å². The summed E-state index contributed by atoms with van der Waals surface area (Å²) in [7, 11) is 2.04. The first-order valence-corrected chi connectivity index (χ1v) is 6.46. The van der Waals surface area contributed by atoms with E-state index in [-0.39, 0.29) is 0 Å². The van der Waals surface area contributed by atoms with Crippen LogP contribution in [-0.4, -0.2) is 18.1 Å². The number of aromatic nitrogens is 1. The molecule has 0 aliphatic carbocycles. The second-order valence-electron chi connectivity index (χ2n) is 4.75. The van der Waals surface area contributed by atoms with E-state index in [1.54, 1.807) is 11.3 Å². The van der Waals surface area contributed by atoms with Gasteiger partial charge < -0.3 is 5.32 Å². The molecule has 0 amide bonds. The molecule has 1 heterocycles. The van der Waals surface area contributed by atoms with E-state index < -0.39 is 0 Å². The Balaban J connectivity index is 2.69. The molecule has 1 rings (SSSR count). The summed E-state index contributed by atoms with van der Waals surface area (Å²) >= 11 is 1.74. The van der Waals surface area contributed by atoms with Gasteiger partial charge in [-0.15, -0.1) is 11.3 Å². The Kier molecular flexibility index (Phi) is 4.29. The van der Waals surface area contributed by atoms with Gasteiger partial charge in [-0.2, -0.15) is 0 Å². The monoisotopic (exact) mass is 226 g/mol. The normalized spacial score (nSPS) is 14.2. The molecule has 0 saturated carbocycles. The molecule has 0 spiro atoms. The van der Waals surface area contributed by atoms with E-state index >= 15 is 0 Å². The Hall–Kier alpha value is -0.410. The summed E-state index contributed by atoms with van der Waals surface area (Å²) < 4.78 is 0. The molecule has 1 unspecified atom stereocenters. The predicted octanol–water partition coefficient (Wildman–Crippen LogP) is 3.02. The zero-order chi connectivity index (χ0) is 11.5. The quantitative estimate of drug-likeness (QED) is 0.835. The number of aryl methyl sites for hydroxylation is 1. The van der Waals surface area contributed by atoms with Crippen molar-refractivity contribution in [2.24, 2.45) is 5.41 Å². The van der Waals surface area contributed by atoms with Gasteiger partial charge in [0.1, 0.15) is 0 Å². The second kappa shape index (κ2) is 5.08. The van der Waals surface area contributed by atoms with Crippen molar-refractivity contribution in [1.82, 2.24) is 10.3 Å². The van der Waals surface area contributed by atoms with Crippen LogP contribution >= 0.6 is 11.3 Å². The first-order valence-electron chi connectivity index (χ1n) is 5.58. The predicted molar refractivity (Wildman–Crippen MR) is 67.5 cm³/mol. The van der Waals surface area contributed by atoms with Crippen LogP contribution in [0.2, 0.25) is 0 Å². The van der Waals surface area contributed by atoms with Crippen molar-refractivity contribution >= 4 is 11.3 Å². The van der Waals surface area contributed by atoms with E-state index in [2.05, 4.69) is 43.4 Å². The Morgan fingerprint density at radius 1 is 1.53 bits per heavy atom. The van der Waals surface area contributed by atoms with E-state index in [1.807, 2.05) is 7.05 Å². The highest BCUT2D eigenvalue weighted by molar-refractivity contribution is 7.09. The molecular weight excluding hydrogens is 204 g/mol. The summed E-state index contributed by atoms with van der Waals surface area (Å²) in [6.45, 7) is 8.94. The van der Waals surface area contributed by atoms with Crippen LogP contribution in [0.15, 0.2) is 5.38 Å². The van der Waals surface area contributed by atoms with E-state index in [4.69, 9.17) is 0 Å². The highest BCUT2D eigenvalue weighted by atomic mass is 32.1. The fraction of sp³-hybridized carbons (Fsp3) is 0.750. The first kappa shape index (κ1) is 12.7. The number of rotatable bonds is 5. The maximum Gasteiger partial charge on any atom is 0.0897 e. The molecule has 0 bridgehead atoms. The Morgan fingerprint density at radius 2 is 2.20 bits per heavy atom. The van der Waals surface area contributed by atoms with E-state index in [1.165, 1.54) is 12.1 Å². The highest BCUT2D eigenvalue weighted by Crippen LogP contribution is 2.27. The van der Waals surface area contributed by atoms with Gasteiger partial charge in [0.05, 0.1) is 10.7 Å². The lowest BCUT2D eigenvalue weighted by atomic mass is 9.80. The van der Waals surface area contributed by atoms with Crippen LogP contribution in [0.3, 0.4) is 0 Å². The van der Waals surface area contributed by atoms with E-state index in [0.717, 1.165) is 11.4 Å². The van der Waals surface area contributed by atoms with Gasteiger partial charge in [0, 0.05) is 17.8 Å². The lowest BCUT2D eigenvalue weighted by molar-refractivity contribution is 0.239. The van der Waals surface area contributed by atoms with Gasteiger partial charge in [0.2, 0.25) is 0 Å². The number of thiazole rings is 1. The van der Waals surface area contributed by atoms with Gasteiger partial charge in [-0.05, 0) is 25.8 Å². The molecule has 1 atom stereocenters. The average molecular weight is 226 g/mol. The lowest BCUT2D eigenvalue weighted by Crippen LogP contribution is -2.41. The van der Waals surface area contributed by atoms with Crippen molar-refractivity contribution in [1.29, 1.82) is 0 Å². The standard InChI is InChI=1S/C12H22N2S/c1-6-12(3,4)11(13-5)7-10-8-15-9(2)14-10/h8,11,13H,6-7H2,1-5H3. The molecule has 0 fully saturated rings. The van der Waals surface area contributed by atoms with Crippen LogP contribution < -0.4 is 5.32 Å². The van der Waals surface area contributed by atoms with Gasteiger partial charge in [0.25, 0.3) is 0 Å². The third kappa shape index (κ3) is 3.28. The molecule has 0 radical (unpaired) electrons. The van der Waals surface area contributed by atoms with Crippen molar-refractivity contribution < 1.29 is 0 Å². The molecule has 1 N–H and O–H groups in total. The minimum Gasteiger partial charge on any atom is -0.316 e. The van der Waals surface area contributed by atoms with Crippen molar-refractivity contribution in [2.45, 2.75) is 46.6 Å². The molecule has 1 aromatic heterocycles. The third-order valence-electron chi connectivity index (χ3n) is 3.28. The molecule has 0 aromatic carbocycles. The van der Waals surface area contributed by atoms with Gasteiger partial charge in [0.15, 0.2) is 0 Å². The Labute approximate surface area is 97.1 Å². The Bertz CT molecular complexity index is 304. The summed E-state index contributed by atoms with van der Waals surface area (Å²) in [5, 5.41) is 6.75. The average Bonchev–Trinajstić information content (AvgIpc) is 2.60. The largest absolute Gasteiger partial charge is 0.316 e. The molecule has 86 valence electrons. The number of nitrogens with one attached hydrogen (secondary N) is 1. The SMILES string of the molecule is CCC(C)(C)C(Cc1csc(C)n1)NC. The minimum atomic E-state index is 0.326. The van der Waals surface area contributed by atoms with Crippen LogP contribution in [0.1, 0.15) is 37.9 Å². The van der Waals surface area contributed by atoms with Crippen molar-refractivity contribution in [3.63, 3.8) is 0 Å². The summed E-state index contributed by atoms with van der Waals surface area (Å²) in [4.78, 5) is 4.52. The van der Waals surface area contributed by atoms with Gasteiger partial charge in [-0.25, -0.2) is 4.98 Å². The number of hydrogen-bond donors (Lipinski definition) is 1. The summed E-state index contributed by atoms with van der Waals surface area (Å²) in [5.41, 5.74) is 1.55. The third-order valence-corrected chi connectivity index (χ3v) is 4.11. The van der Waals surface area contributed by atoms with Gasteiger partial charge >= 0.3 is 0 Å². The summed E-state index contributed by atoms with van der Waals surface area (Å²) in [6, 6.07) is 0.504. The molecule has 0 aliphatic rings. The zero-order valence-corrected chi connectivity index (χ0v) is 11.2. The summed E-state index contributed by atoms with van der Waals surface area (Å²) in [6.07, 6.45) is 2.21. The maximum absolute atomic E-state index is 4.52. The number of hydrogen-bond acceptors (Lipinski definition) is 3. The zero-order valence-electron chi connectivity index (χ0n) is 10.4. The molecule has 1 aromatic rings. The van der Waals surface area contributed by atoms with Gasteiger partial charge in [-0.3, -0.25) is 0 Å². The van der Waals surface area contributed by atoms with Crippen molar-refractivity contribution in [3.05, 3.63) is 16.1 Å². The highest BCUT2D eigenvalue weighted by Gasteiger charge is 2.26. The fourth-order valence-corrected chi connectivity index (χ4v) is 2.35. The molecule has 15 heavy (non-hydrogen) atoms. The smallest absolute Gasteiger partial charge is 0.0897 e. The Morgan fingerprint density at radius 3 is 2.60 bits per heavy atom. The van der Waals surface area contributed by atoms with Gasteiger partial charge in [-0.1, -0.05) is 20.8 Å². The summed E-state index contributed by atoms with van der Waals surface area (Å²) in [5.74, 6) is 0. The van der Waals surface area contributed by atoms with E-state index in [9.17, 15) is 0 Å². The second-order valence-corrected chi connectivity index (χ2v) is 5.81. The molecule has 0 aliphatic heterocycles. The van der Waals surface area contributed by atoms with Crippen LogP contribution in [0.5, 0.6) is 0 Å².